The number of benzene rings is 2. The Morgan fingerprint density at radius 1 is 1.12 bits per heavy atom. The number of para-hydroxylation sites is 1. The van der Waals surface area contributed by atoms with Crippen molar-refractivity contribution in [3.63, 3.8) is 0 Å². The Labute approximate surface area is 144 Å². The standard InChI is InChI=1S/C19H17NO5/c1-13(21)25-18-12-15(6-7-16(18)19(22)23)24-11-10-20-9-8-14-4-2-3-5-17(14)20/h2-9,12H,10-11H2,1H3,(H,22,23). The van der Waals surface area contributed by atoms with E-state index in [4.69, 9.17) is 14.6 Å². The van der Waals surface area contributed by atoms with Gasteiger partial charge in [-0.3, -0.25) is 4.79 Å². The van der Waals surface area contributed by atoms with Crippen LogP contribution in [0.2, 0.25) is 0 Å². The van der Waals surface area contributed by atoms with E-state index in [9.17, 15) is 9.59 Å². The summed E-state index contributed by atoms with van der Waals surface area (Å²) < 4.78 is 12.7. The average molecular weight is 339 g/mol. The van der Waals surface area contributed by atoms with E-state index < -0.39 is 11.9 Å². The second-order valence-electron chi connectivity index (χ2n) is 5.47. The number of carbonyl (C=O) groups is 2. The minimum atomic E-state index is -1.17. The van der Waals surface area contributed by atoms with Crippen molar-refractivity contribution >= 4 is 22.8 Å². The second kappa shape index (κ2) is 7.09. The number of ether oxygens (including phenoxy) is 2. The number of hydrogen-bond donors (Lipinski definition) is 1. The summed E-state index contributed by atoms with van der Waals surface area (Å²) in [5.74, 6) is -1.33. The highest BCUT2D eigenvalue weighted by Gasteiger charge is 2.14. The quantitative estimate of drug-likeness (QED) is 0.550. The van der Waals surface area contributed by atoms with Gasteiger partial charge in [0.1, 0.15) is 23.7 Å². The normalized spacial score (nSPS) is 10.6. The third-order valence-electron chi connectivity index (χ3n) is 3.72. The summed E-state index contributed by atoms with van der Waals surface area (Å²) in [6.45, 7) is 2.25. The predicted octanol–water partition coefficient (Wildman–Crippen LogP) is 3.34. The number of carboxylic acids is 1. The van der Waals surface area contributed by atoms with Crippen molar-refractivity contribution in [3.8, 4) is 11.5 Å². The van der Waals surface area contributed by atoms with Gasteiger partial charge in [0, 0.05) is 24.7 Å². The highest BCUT2D eigenvalue weighted by atomic mass is 16.5. The van der Waals surface area contributed by atoms with E-state index in [0.717, 1.165) is 10.9 Å². The zero-order chi connectivity index (χ0) is 17.8. The van der Waals surface area contributed by atoms with Crippen LogP contribution in [-0.4, -0.2) is 28.2 Å². The van der Waals surface area contributed by atoms with Crippen LogP contribution in [0.25, 0.3) is 10.9 Å². The van der Waals surface area contributed by atoms with Crippen LogP contribution in [-0.2, 0) is 11.3 Å². The SMILES string of the molecule is CC(=O)Oc1cc(OCCn2ccc3ccccc32)ccc1C(=O)O. The lowest BCUT2D eigenvalue weighted by molar-refractivity contribution is -0.131. The number of nitrogens with zero attached hydrogens (tertiary/aromatic N) is 1. The number of carboxylic acid groups (broad SMARTS) is 1. The van der Waals surface area contributed by atoms with Gasteiger partial charge < -0.3 is 19.1 Å². The van der Waals surface area contributed by atoms with E-state index in [1.54, 1.807) is 6.07 Å². The maximum absolute atomic E-state index is 11.2. The van der Waals surface area contributed by atoms with Gasteiger partial charge in [-0.25, -0.2) is 4.79 Å². The molecule has 6 heteroatoms. The van der Waals surface area contributed by atoms with Gasteiger partial charge in [-0.05, 0) is 29.7 Å². The molecule has 6 nitrogen and oxygen atoms in total. The smallest absolute Gasteiger partial charge is 0.339 e. The first-order valence-corrected chi connectivity index (χ1v) is 7.77. The number of hydrogen-bond acceptors (Lipinski definition) is 4. The van der Waals surface area contributed by atoms with Gasteiger partial charge in [-0.15, -0.1) is 0 Å². The molecule has 0 unspecified atom stereocenters. The lowest BCUT2D eigenvalue weighted by Gasteiger charge is -2.11. The van der Waals surface area contributed by atoms with E-state index in [0.29, 0.717) is 18.9 Å². The van der Waals surface area contributed by atoms with Gasteiger partial charge in [0.2, 0.25) is 0 Å². The van der Waals surface area contributed by atoms with Crippen molar-refractivity contribution < 1.29 is 24.2 Å². The molecule has 1 heterocycles. The molecule has 0 aliphatic heterocycles. The molecule has 128 valence electrons. The number of fused-ring (bicyclic) bond motifs is 1. The summed E-state index contributed by atoms with van der Waals surface area (Å²) in [4.78, 5) is 22.3. The van der Waals surface area contributed by atoms with Crippen LogP contribution < -0.4 is 9.47 Å². The molecule has 0 aliphatic rings. The van der Waals surface area contributed by atoms with E-state index >= 15 is 0 Å². The van der Waals surface area contributed by atoms with Crippen LogP contribution >= 0.6 is 0 Å². The summed E-state index contributed by atoms with van der Waals surface area (Å²) in [5.41, 5.74) is 1.03. The zero-order valence-electron chi connectivity index (χ0n) is 13.6. The van der Waals surface area contributed by atoms with Gasteiger partial charge in [0.25, 0.3) is 0 Å². The summed E-state index contributed by atoms with van der Waals surface area (Å²) in [6, 6.07) is 14.4. The molecule has 25 heavy (non-hydrogen) atoms. The van der Waals surface area contributed by atoms with Crippen LogP contribution in [0.5, 0.6) is 11.5 Å². The van der Waals surface area contributed by atoms with Crippen molar-refractivity contribution in [1.82, 2.24) is 4.57 Å². The van der Waals surface area contributed by atoms with Gasteiger partial charge >= 0.3 is 11.9 Å². The van der Waals surface area contributed by atoms with Crippen LogP contribution in [0.3, 0.4) is 0 Å². The Kier molecular flexibility index (Phi) is 4.70. The fourth-order valence-corrected chi connectivity index (χ4v) is 2.61. The molecule has 0 bridgehead atoms. The molecule has 3 rings (SSSR count). The molecular weight excluding hydrogens is 322 g/mol. The molecule has 0 spiro atoms. The van der Waals surface area contributed by atoms with Crippen LogP contribution in [0, 0.1) is 0 Å². The van der Waals surface area contributed by atoms with E-state index in [1.807, 2.05) is 36.5 Å². The maximum Gasteiger partial charge on any atom is 0.339 e. The third kappa shape index (κ3) is 3.80. The Balaban J connectivity index is 1.70. The van der Waals surface area contributed by atoms with Crippen LogP contribution in [0.4, 0.5) is 0 Å². The molecule has 1 N–H and O–H groups in total. The average Bonchev–Trinajstić information content (AvgIpc) is 2.98. The number of aromatic nitrogens is 1. The van der Waals surface area contributed by atoms with Gasteiger partial charge in [0.15, 0.2) is 0 Å². The first kappa shape index (κ1) is 16.6. The fraction of sp³-hybridized carbons (Fsp3) is 0.158. The highest BCUT2D eigenvalue weighted by Crippen LogP contribution is 2.25. The highest BCUT2D eigenvalue weighted by molar-refractivity contribution is 5.92. The van der Waals surface area contributed by atoms with Crippen molar-refractivity contribution in [2.75, 3.05) is 6.61 Å². The molecular formula is C19H17NO5. The number of aromatic carboxylic acids is 1. The van der Waals surface area contributed by atoms with Crippen molar-refractivity contribution in [3.05, 3.63) is 60.3 Å². The van der Waals surface area contributed by atoms with E-state index in [2.05, 4.69) is 4.57 Å². The molecule has 0 amide bonds. The summed E-state index contributed by atoms with van der Waals surface area (Å²) in [7, 11) is 0. The number of rotatable bonds is 6. The second-order valence-corrected chi connectivity index (χ2v) is 5.47. The molecule has 0 saturated carbocycles. The van der Waals surface area contributed by atoms with Crippen molar-refractivity contribution in [1.29, 1.82) is 0 Å². The largest absolute Gasteiger partial charge is 0.492 e. The monoisotopic (exact) mass is 339 g/mol. The first-order valence-electron chi connectivity index (χ1n) is 7.77. The molecule has 0 atom stereocenters. The molecule has 0 aliphatic carbocycles. The summed E-state index contributed by atoms with van der Waals surface area (Å²) >= 11 is 0. The maximum atomic E-state index is 11.2. The number of carbonyl (C=O) groups excluding carboxylic acids is 1. The lowest BCUT2D eigenvalue weighted by atomic mass is 10.2. The Bertz CT molecular complexity index is 928. The van der Waals surface area contributed by atoms with E-state index in [-0.39, 0.29) is 11.3 Å². The molecule has 0 fully saturated rings. The Morgan fingerprint density at radius 3 is 2.68 bits per heavy atom. The van der Waals surface area contributed by atoms with Gasteiger partial charge in [0.05, 0.1) is 6.54 Å². The summed E-state index contributed by atoms with van der Waals surface area (Å²) in [5, 5.41) is 10.3. The Morgan fingerprint density at radius 2 is 1.92 bits per heavy atom. The fourth-order valence-electron chi connectivity index (χ4n) is 2.61. The minimum absolute atomic E-state index is 0.0242. The molecule has 3 aromatic rings. The van der Waals surface area contributed by atoms with Crippen molar-refractivity contribution in [2.45, 2.75) is 13.5 Å². The van der Waals surface area contributed by atoms with Crippen LogP contribution in [0.1, 0.15) is 17.3 Å². The van der Waals surface area contributed by atoms with E-state index in [1.165, 1.54) is 19.1 Å². The topological polar surface area (TPSA) is 77.8 Å². The third-order valence-corrected chi connectivity index (χ3v) is 3.72. The zero-order valence-corrected chi connectivity index (χ0v) is 13.6. The minimum Gasteiger partial charge on any atom is -0.492 e. The Hall–Kier alpha value is -3.28. The molecule has 1 aromatic heterocycles. The molecule has 2 aromatic carbocycles. The van der Waals surface area contributed by atoms with Crippen LogP contribution in [0.15, 0.2) is 54.7 Å². The summed E-state index contributed by atoms with van der Waals surface area (Å²) in [6.07, 6.45) is 1.99. The van der Waals surface area contributed by atoms with Gasteiger partial charge in [-0.2, -0.15) is 0 Å². The van der Waals surface area contributed by atoms with Crippen molar-refractivity contribution in [2.24, 2.45) is 0 Å². The number of esters is 1. The molecule has 0 radical (unpaired) electrons. The van der Waals surface area contributed by atoms with Gasteiger partial charge in [-0.1, -0.05) is 18.2 Å². The molecule has 0 saturated heterocycles. The lowest BCUT2D eigenvalue weighted by Crippen LogP contribution is -2.09. The first-order chi connectivity index (χ1) is 12.0. The predicted molar refractivity (Wildman–Crippen MR) is 92.1 cm³/mol.